The molecule has 2 rings (SSSR count). The Morgan fingerprint density at radius 2 is 1.82 bits per heavy atom. The molecule has 1 aliphatic rings. The zero-order chi connectivity index (χ0) is 16.5. The van der Waals surface area contributed by atoms with Gasteiger partial charge in [0.25, 0.3) is 0 Å². The Labute approximate surface area is 130 Å². The van der Waals surface area contributed by atoms with Crippen molar-refractivity contribution in [1.29, 1.82) is 0 Å². The van der Waals surface area contributed by atoms with Gasteiger partial charge in [-0.25, -0.2) is 8.42 Å². The summed E-state index contributed by atoms with van der Waals surface area (Å²) in [5, 5.41) is 0. The minimum absolute atomic E-state index is 0.0708. The lowest BCUT2D eigenvalue weighted by atomic mass is 10.1. The Kier molecular flexibility index (Phi) is 4.55. The van der Waals surface area contributed by atoms with Crippen LogP contribution in [0.4, 0.5) is 5.69 Å². The molecule has 120 valence electrons. The molecular formula is C15H19NO5S. The first-order valence-corrected chi connectivity index (χ1v) is 8.79. The fraction of sp³-hybridized carbons (Fsp3) is 0.467. The molecule has 1 aromatic rings. The highest BCUT2D eigenvalue weighted by Gasteiger charge is 2.40. The van der Waals surface area contributed by atoms with Gasteiger partial charge in [-0.1, -0.05) is 6.92 Å². The maximum atomic E-state index is 11.9. The third-order valence-electron chi connectivity index (χ3n) is 3.81. The van der Waals surface area contributed by atoms with E-state index in [2.05, 4.69) is 0 Å². The summed E-state index contributed by atoms with van der Waals surface area (Å²) in [5.74, 6) is -0.364. The zero-order valence-electron chi connectivity index (χ0n) is 12.8. The number of benzene rings is 1. The van der Waals surface area contributed by atoms with E-state index in [1.54, 1.807) is 12.1 Å². The Hall–Kier alpha value is -1.89. The number of carbonyl (C=O) groups is 2. The molecule has 0 radical (unpaired) electrons. The van der Waals surface area contributed by atoms with Crippen molar-refractivity contribution < 1.29 is 22.7 Å². The lowest BCUT2D eigenvalue weighted by Crippen LogP contribution is -2.24. The molecule has 1 aliphatic carbocycles. The Morgan fingerprint density at radius 1 is 1.27 bits per heavy atom. The molecule has 2 atom stereocenters. The molecule has 0 spiro atoms. The van der Waals surface area contributed by atoms with Crippen LogP contribution < -0.4 is 4.31 Å². The van der Waals surface area contributed by atoms with Crippen LogP contribution in [0.25, 0.3) is 0 Å². The molecule has 0 aromatic heterocycles. The van der Waals surface area contributed by atoms with Gasteiger partial charge < -0.3 is 4.74 Å². The number of anilines is 1. The van der Waals surface area contributed by atoms with E-state index in [1.807, 2.05) is 6.92 Å². The molecule has 1 fully saturated rings. The topological polar surface area (TPSA) is 80.8 Å². The average Bonchev–Trinajstić information content (AvgIpc) is 3.20. The third kappa shape index (κ3) is 3.85. The van der Waals surface area contributed by atoms with Crippen molar-refractivity contribution in [1.82, 2.24) is 0 Å². The molecule has 1 aromatic carbocycles. The van der Waals surface area contributed by atoms with Crippen molar-refractivity contribution in [2.24, 2.45) is 11.8 Å². The second-order valence-corrected chi connectivity index (χ2v) is 7.64. The van der Waals surface area contributed by atoms with Gasteiger partial charge in [0.15, 0.2) is 12.4 Å². The summed E-state index contributed by atoms with van der Waals surface area (Å²) in [4.78, 5) is 23.5. The van der Waals surface area contributed by atoms with Crippen molar-refractivity contribution in [2.45, 2.75) is 13.3 Å². The maximum Gasteiger partial charge on any atom is 0.309 e. The number of carbonyl (C=O) groups excluding carboxylic acids is 2. The average molecular weight is 325 g/mol. The van der Waals surface area contributed by atoms with E-state index in [-0.39, 0.29) is 24.3 Å². The van der Waals surface area contributed by atoms with Crippen molar-refractivity contribution in [2.75, 3.05) is 24.2 Å². The fourth-order valence-electron chi connectivity index (χ4n) is 2.03. The van der Waals surface area contributed by atoms with Gasteiger partial charge in [0, 0.05) is 12.6 Å². The number of esters is 1. The second kappa shape index (κ2) is 6.08. The number of hydrogen-bond acceptors (Lipinski definition) is 5. The summed E-state index contributed by atoms with van der Waals surface area (Å²) in [6.45, 7) is 1.67. The maximum absolute atomic E-state index is 11.9. The fourth-order valence-corrected chi connectivity index (χ4v) is 2.53. The number of rotatable bonds is 6. The smallest absolute Gasteiger partial charge is 0.309 e. The van der Waals surface area contributed by atoms with Crippen LogP contribution in [0, 0.1) is 11.8 Å². The lowest BCUT2D eigenvalue weighted by Gasteiger charge is -2.16. The highest BCUT2D eigenvalue weighted by atomic mass is 32.2. The molecule has 0 amide bonds. The second-order valence-electron chi connectivity index (χ2n) is 5.63. The van der Waals surface area contributed by atoms with Gasteiger partial charge in [-0.15, -0.1) is 0 Å². The SMILES string of the molecule is C[C@H]1C[C@@H]1C(=O)OCC(=O)c1ccc(N(C)S(C)(=O)=O)cc1. The van der Waals surface area contributed by atoms with E-state index in [1.165, 1.54) is 19.2 Å². The first kappa shape index (κ1) is 16.5. The molecule has 0 aliphatic heterocycles. The summed E-state index contributed by atoms with van der Waals surface area (Å²) in [6, 6.07) is 6.12. The van der Waals surface area contributed by atoms with Crippen LogP contribution in [0.5, 0.6) is 0 Å². The number of nitrogens with zero attached hydrogens (tertiary/aromatic N) is 1. The summed E-state index contributed by atoms with van der Waals surface area (Å²) >= 11 is 0. The standard InChI is InChI=1S/C15H19NO5S/c1-10-8-13(10)15(18)21-9-14(17)11-4-6-12(7-5-11)16(2)22(3,19)20/h4-7,10,13H,8-9H2,1-3H3/t10-,13-/m0/s1. The Balaban J connectivity index is 1.95. The number of hydrogen-bond donors (Lipinski definition) is 0. The highest BCUT2D eigenvalue weighted by Crippen LogP contribution is 2.38. The van der Waals surface area contributed by atoms with Crippen molar-refractivity contribution in [3.8, 4) is 0 Å². The molecule has 6 nitrogen and oxygen atoms in total. The van der Waals surface area contributed by atoms with E-state index >= 15 is 0 Å². The van der Waals surface area contributed by atoms with Gasteiger partial charge in [-0.3, -0.25) is 13.9 Å². The van der Waals surface area contributed by atoms with Crippen LogP contribution in [0.1, 0.15) is 23.7 Å². The van der Waals surface area contributed by atoms with Crippen LogP contribution in [0.2, 0.25) is 0 Å². The normalized spacial score (nSPS) is 20.3. The summed E-state index contributed by atoms with van der Waals surface area (Å²) in [7, 11) is -1.90. The minimum Gasteiger partial charge on any atom is -0.457 e. The first-order chi connectivity index (χ1) is 10.2. The van der Waals surface area contributed by atoms with Crippen LogP contribution in [0.3, 0.4) is 0 Å². The minimum atomic E-state index is -3.34. The highest BCUT2D eigenvalue weighted by molar-refractivity contribution is 7.92. The quantitative estimate of drug-likeness (QED) is 0.584. The Morgan fingerprint density at radius 3 is 2.27 bits per heavy atom. The summed E-state index contributed by atoms with van der Waals surface area (Å²) in [5.41, 5.74) is 0.838. The van der Waals surface area contributed by atoms with E-state index in [9.17, 15) is 18.0 Å². The monoisotopic (exact) mass is 325 g/mol. The largest absolute Gasteiger partial charge is 0.457 e. The van der Waals surface area contributed by atoms with Crippen LogP contribution in [0.15, 0.2) is 24.3 Å². The van der Waals surface area contributed by atoms with E-state index < -0.39 is 10.0 Å². The summed E-state index contributed by atoms with van der Waals surface area (Å²) in [6.07, 6.45) is 1.92. The number of sulfonamides is 1. The van der Waals surface area contributed by atoms with Gasteiger partial charge >= 0.3 is 5.97 Å². The molecule has 7 heteroatoms. The van der Waals surface area contributed by atoms with Gasteiger partial charge in [-0.05, 0) is 36.6 Å². The van der Waals surface area contributed by atoms with Gasteiger partial charge in [0.05, 0.1) is 17.9 Å². The van der Waals surface area contributed by atoms with Gasteiger partial charge in [0.1, 0.15) is 0 Å². The molecule has 1 saturated carbocycles. The Bertz CT molecular complexity index is 680. The molecule has 0 unspecified atom stereocenters. The predicted molar refractivity (Wildman–Crippen MR) is 82.2 cm³/mol. The molecular weight excluding hydrogens is 306 g/mol. The molecule has 22 heavy (non-hydrogen) atoms. The van der Waals surface area contributed by atoms with E-state index in [4.69, 9.17) is 4.74 Å². The number of Topliss-reactive ketones (excluding diaryl/α,β-unsaturated/α-hetero) is 1. The molecule has 0 saturated heterocycles. The van der Waals surface area contributed by atoms with Crippen molar-refractivity contribution >= 4 is 27.5 Å². The summed E-state index contributed by atoms with van der Waals surface area (Å²) < 4.78 is 29.0. The molecule has 0 heterocycles. The van der Waals surface area contributed by atoms with Crippen molar-refractivity contribution in [3.63, 3.8) is 0 Å². The predicted octanol–water partition coefficient (Wildman–Crippen LogP) is 1.46. The van der Waals surface area contributed by atoms with Gasteiger partial charge in [0.2, 0.25) is 10.0 Å². The number of ether oxygens (including phenoxy) is 1. The van der Waals surface area contributed by atoms with E-state index in [0.717, 1.165) is 17.0 Å². The van der Waals surface area contributed by atoms with E-state index in [0.29, 0.717) is 17.2 Å². The van der Waals surface area contributed by atoms with Crippen LogP contribution in [-0.2, 0) is 19.6 Å². The zero-order valence-corrected chi connectivity index (χ0v) is 13.6. The van der Waals surface area contributed by atoms with Crippen LogP contribution >= 0.6 is 0 Å². The van der Waals surface area contributed by atoms with Crippen LogP contribution in [-0.4, -0.2) is 40.1 Å². The third-order valence-corrected chi connectivity index (χ3v) is 5.01. The molecule has 0 N–H and O–H groups in total. The first-order valence-electron chi connectivity index (χ1n) is 6.94. The molecule has 0 bridgehead atoms. The van der Waals surface area contributed by atoms with Gasteiger partial charge in [-0.2, -0.15) is 0 Å². The number of ketones is 1. The van der Waals surface area contributed by atoms with Crippen molar-refractivity contribution in [3.05, 3.63) is 29.8 Å². The lowest BCUT2D eigenvalue weighted by molar-refractivity contribution is -0.144.